The molecule has 0 bridgehead atoms. The SMILES string of the molecule is NC(=O)Cc1c(C2CCOCC2)cc2n1CCCC2. The maximum absolute atomic E-state index is 11.4. The minimum Gasteiger partial charge on any atom is -0.381 e. The fraction of sp³-hybridized carbons (Fsp3) is 0.667. The van der Waals surface area contributed by atoms with Gasteiger partial charge in [0, 0.05) is 31.1 Å². The third kappa shape index (κ3) is 2.54. The Kier molecular flexibility index (Phi) is 3.60. The Morgan fingerprint density at radius 2 is 2.16 bits per heavy atom. The zero-order valence-electron chi connectivity index (χ0n) is 11.4. The normalized spacial score (nSPS) is 20.2. The predicted octanol–water partition coefficient (Wildman–Crippen LogP) is 1.75. The van der Waals surface area contributed by atoms with E-state index in [4.69, 9.17) is 10.5 Å². The molecule has 19 heavy (non-hydrogen) atoms. The molecule has 0 atom stereocenters. The first-order valence-corrected chi connectivity index (χ1v) is 7.33. The molecule has 1 saturated heterocycles. The number of carbonyl (C=O) groups is 1. The van der Waals surface area contributed by atoms with Gasteiger partial charge in [0.15, 0.2) is 0 Å². The van der Waals surface area contributed by atoms with Crippen LogP contribution < -0.4 is 5.73 Å². The molecule has 2 N–H and O–H groups in total. The molecule has 0 aromatic carbocycles. The van der Waals surface area contributed by atoms with E-state index in [-0.39, 0.29) is 5.91 Å². The molecule has 0 spiro atoms. The Morgan fingerprint density at radius 1 is 1.37 bits per heavy atom. The second-order valence-electron chi connectivity index (χ2n) is 5.68. The molecule has 0 unspecified atom stereocenters. The number of aromatic nitrogens is 1. The lowest BCUT2D eigenvalue weighted by Gasteiger charge is -2.23. The van der Waals surface area contributed by atoms with Gasteiger partial charge in [0.1, 0.15) is 0 Å². The Labute approximate surface area is 113 Å². The lowest BCUT2D eigenvalue weighted by atomic mass is 9.90. The minimum atomic E-state index is -0.222. The number of fused-ring (bicyclic) bond motifs is 1. The van der Waals surface area contributed by atoms with Crippen LogP contribution in [0.25, 0.3) is 0 Å². The molecule has 4 heteroatoms. The van der Waals surface area contributed by atoms with Crippen molar-refractivity contribution in [3.8, 4) is 0 Å². The van der Waals surface area contributed by atoms with Crippen LogP contribution in [-0.4, -0.2) is 23.7 Å². The van der Waals surface area contributed by atoms with E-state index in [0.717, 1.165) is 39.0 Å². The second-order valence-corrected chi connectivity index (χ2v) is 5.68. The van der Waals surface area contributed by atoms with Gasteiger partial charge in [0.2, 0.25) is 5.91 Å². The molecule has 2 aliphatic rings. The molecule has 0 saturated carbocycles. The molecule has 0 aliphatic carbocycles. The third-order valence-corrected chi connectivity index (χ3v) is 4.40. The van der Waals surface area contributed by atoms with Crippen molar-refractivity contribution >= 4 is 5.91 Å². The van der Waals surface area contributed by atoms with Crippen molar-refractivity contribution in [2.75, 3.05) is 13.2 Å². The van der Waals surface area contributed by atoms with Crippen LogP contribution in [0.2, 0.25) is 0 Å². The standard InChI is InChI=1S/C15H22N2O2/c16-15(18)10-14-13(11-4-7-19-8-5-11)9-12-3-1-2-6-17(12)14/h9,11H,1-8,10H2,(H2,16,18). The first-order valence-electron chi connectivity index (χ1n) is 7.33. The highest BCUT2D eigenvalue weighted by atomic mass is 16.5. The second kappa shape index (κ2) is 5.37. The maximum atomic E-state index is 11.4. The molecule has 3 heterocycles. The van der Waals surface area contributed by atoms with Gasteiger partial charge in [-0.1, -0.05) is 0 Å². The van der Waals surface area contributed by atoms with Gasteiger partial charge in [-0.2, -0.15) is 0 Å². The molecule has 3 rings (SSSR count). The van der Waals surface area contributed by atoms with Crippen LogP contribution in [-0.2, 0) is 28.9 Å². The van der Waals surface area contributed by atoms with Crippen LogP contribution in [0, 0.1) is 0 Å². The highest BCUT2D eigenvalue weighted by Crippen LogP contribution is 2.34. The first kappa shape index (κ1) is 12.7. The highest BCUT2D eigenvalue weighted by Gasteiger charge is 2.25. The van der Waals surface area contributed by atoms with Crippen LogP contribution >= 0.6 is 0 Å². The van der Waals surface area contributed by atoms with Gasteiger partial charge in [0.05, 0.1) is 6.42 Å². The number of hydrogen-bond acceptors (Lipinski definition) is 2. The summed E-state index contributed by atoms with van der Waals surface area (Å²) in [7, 11) is 0. The average Bonchev–Trinajstić information content (AvgIpc) is 2.78. The molecular weight excluding hydrogens is 240 g/mol. The summed E-state index contributed by atoms with van der Waals surface area (Å²) in [5.41, 5.74) is 9.37. The number of primary amides is 1. The zero-order valence-corrected chi connectivity index (χ0v) is 11.4. The summed E-state index contributed by atoms with van der Waals surface area (Å²) in [6, 6.07) is 2.33. The molecule has 1 amide bonds. The van der Waals surface area contributed by atoms with Crippen molar-refractivity contribution in [3.63, 3.8) is 0 Å². The minimum absolute atomic E-state index is 0.222. The average molecular weight is 262 g/mol. The van der Waals surface area contributed by atoms with E-state index in [1.807, 2.05) is 0 Å². The van der Waals surface area contributed by atoms with Crippen molar-refractivity contribution < 1.29 is 9.53 Å². The first-order chi connectivity index (χ1) is 9.25. The summed E-state index contributed by atoms with van der Waals surface area (Å²) < 4.78 is 7.79. The number of nitrogens with two attached hydrogens (primary N) is 1. The summed E-state index contributed by atoms with van der Waals surface area (Å²) >= 11 is 0. The summed E-state index contributed by atoms with van der Waals surface area (Å²) in [5, 5.41) is 0. The summed E-state index contributed by atoms with van der Waals surface area (Å²) in [6.45, 7) is 2.71. The monoisotopic (exact) mass is 262 g/mol. The van der Waals surface area contributed by atoms with E-state index in [1.165, 1.54) is 29.8 Å². The zero-order chi connectivity index (χ0) is 13.2. The van der Waals surface area contributed by atoms with E-state index in [0.29, 0.717) is 12.3 Å². The number of aryl methyl sites for hydroxylation is 1. The molecule has 1 aromatic heterocycles. The molecule has 104 valence electrons. The lowest BCUT2D eigenvalue weighted by molar-refractivity contribution is -0.117. The number of ether oxygens (including phenoxy) is 1. The third-order valence-electron chi connectivity index (χ3n) is 4.40. The molecule has 4 nitrogen and oxygen atoms in total. The molecule has 2 aliphatic heterocycles. The quantitative estimate of drug-likeness (QED) is 0.902. The number of rotatable bonds is 3. The molecular formula is C15H22N2O2. The van der Waals surface area contributed by atoms with E-state index in [2.05, 4.69) is 10.6 Å². The van der Waals surface area contributed by atoms with Gasteiger partial charge < -0.3 is 15.0 Å². The smallest absolute Gasteiger partial charge is 0.223 e. The van der Waals surface area contributed by atoms with Crippen molar-refractivity contribution in [1.29, 1.82) is 0 Å². The Balaban J connectivity index is 1.96. The van der Waals surface area contributed by atoms with Gasteiger partial charge in [0.25, 0.3) is 0 Å². The van der Waals surface area contributed by atoms with Crippen molar-refractivity contribution in [3.05, 3.63) is 23.0 Å². The molecule has 1 aromatic rings. The summed E-state index contributed by atoms with van der Waals surface area (Å²) in [4.78, 5) is 11.4. The van der Waals surface area contributed by atoms with Crippen LogP contribution in [0.3, 0.4) is 0 Å². The van der Waals surface area contributed by atoms with Gasteiger partial charge in [-0.3, -0.25) is 4.79 Å². The van der Waals surface area contributed by atoms with Crippen LogP contribution in [0.1, 0.15) is 48.6 Å². The Hall–Kier alpha value is -1.29. The van der Waals surface area contributed by atoms with Crippen molar-refractivity contribution in [2.45, 2.75) is 51.0 Å². The lowest BCUT2D eigenvalue weighted by Crippen LogP contribution is -2.21. The number of hydrogen-bond donors (Lipinski definition) is 1. The maximum Gasteiger partial charge on any atom is 0.223 e. The summed E-state index contributed by atoms with van der Waals surface area (Å²) in [5.74, 6) is 0.320. The van der Waals surface area contributed by atoms with Crippen LogP contribution in [0.4, 0.5) is 0 Å². The molecule has 1 fully saturated rings. The van der Waals surface area contributed by atoms with Crippen LogP contribution in [0.5, 0.6) is 0 Å². The van der Waals surface area contributed by atoms with Gasteiger partial charge >= 0.3 is 0 Å². The Bertz CT molecular complexity index is 473. The number of amides is 1. The number of nitrogens with zero attached hydrogens (tertiary/aromatic N) is 1. The van der Waals surface area contributed by atoms with Gasteiger partial charge in [-0.05, 0) is 49.7 Å². The van der Waals surface area contributed by atoms with Crippen molar-refractivity contribution in [2.24, 2.45) is 5.73 Å². The highest BCUT2D eigenvalue weighted by molar-refractivity contribution is 5.76. The Morgan fingerprint density at radius 3 is 2.89 bits per heavy atom. The predicted molar refractivity (Wildman–Crippen MR) is 73.1 cm³/mol. The van der Waals surface area contributed by atoms with Gasteiger partial charge in [-0.25, -0.2) is 0 Å². The molecule has 0 radical (unpaired) electrons. The van der Waals surface area contributed by atoms with E-state index in [9.17, 15) is 4.79 Å². The number of carbonyl (C=O) groups excluding carboxylic acids is 1. The van der Waals surface area contributed by atoms with E-state index < -0.39 is 0 Å². The van der Waals surface area contributed by atoms with E-state index in [1.54, 1.807) is 0 Å². The van der Waals surface area contributed by atoms with Crippen LogP contribution in [0.15, 0.2) is 6.07 Å². The fourth-order valence-electron chi connectivity index (χ4n) is 3.46. The largest absolute Gasteiger partial charge is 0.381 e. The fourth-order valence-corrected chi connectivity index (χ4v) is 3.46. The van der Waals surface area contributed by atoms with E-state index >= 15 is 0 Å². The van der Waals surface area contributed by atoms with Crippen molar-refractivity contribution in [1.82, 2.24) is 4.57 Å². The topological polar surface area (TPSA) is 57.3 Å². The summed E-state index contributed by atoms with van der Waals surface area (Å²) in [6.07, 6.45) is 6.11. The van der Waals surface area contributed by atoms with Gasteiger partial charge in [-0.15, -0.1) is 0 Å².